The van der Waals surface area contributed by atoms with Crippen LogP contribution in [0.2, 0.25) is 0 Å². The number of hydrogen-bond donors (Lipinski definition) is 2. The predicted molar refractivity (Wildman–Crippen MR) is 92.6 cm³/mol. The van der Waals surface area contributed by atoms with Gasteiger partial charge >= 0.3 is 0 Å². The van der Waals surface area contributed by atoms with Crippen molar-refractivity contribution in [1.29, 1.82) is 0 Å². The molecule has 126 valence electrons. The van der Waals surface area contributed by atoms with Crippen LogP contribution < -0.4 is 10.6 Å². The summed E-state index contributed by atoms with van der Waals surface area (Å²) in [6.45, 7) is 1.42. The van der Waals surface area contributed by atoms with Gasteiger partial charge in [-0.15, -0.1) is 0 Å². The molecule has 0 radical (unpaired) electrons. The Hall–Kier alpha value is -2.67. The zero-order chi connectivity index (χ0) is 17.7. The maximum Gasteiger partial charge on any atom is 0.228 e. The van der Waals surface area contributed by atoms with Gasteiger partial charge in [0.05, 0.1) is 11.3 Å². The molecule has 0 aromatic heterocycles. The first-order valence-corrected chi connectivity index (χ1v) is 9.10. The van der Waals surface area contributed by atoms with Gasteiger partial charge in [0.1, 0.15) is 0 Å². The van der Waals surface area contributed by atoms with Crippen molar-refractivity contribution in [2.75, 3.05) is 16.9 Å². The molecule has 0 unspecified atom stereocenters. The van der Waals surface area contributed by atoms with Gasteiger partial charge in [-0.3, -0.25) is 9.59 Å². The molecule has 2 amide bonds. The summed E-state index contributed by atoms with van der Waals surface area (Å²) in [7, 11) is -3.32. The molecule has 2 aromatic carbocycles. The fourth-order valence-electron chi connectivity index (χ4n) is 2.10. The van der Waals surface area contributed by atoms with Gasteiger partial charge < -0.3 is 10.6 Å². The lowest BCUT2D eigenvalue weighted by Crippen LogP contribution is -2.14. The van der Waals surface area contributed by atoms with E-state index in [0.29, 0.717) is 11.4 Å². The van der Waals surface area contributed by atoms with E-state index in [0.717, 1.165) is 11.8 Å². The Labute approximate surface area is 140 Å². The third-order valence-electron chi connectivity index (χ3n) is 3.18. The van der Waals surface area contributed by atoms with Gasteiger partial charge in [0.25, 0.3) is 0 Å². The van der Waals surface area contributed by atoms with Gasteiger partial charge in [-0.2, -0.15) is 0 Å². The van der Waals surface area contributed by atoms with Gasteiger partial charge in [0.2, 0.25) is 11.8 Å². The van der Waals surface area contributed by atoms with E-state index in [1.165, 1.54) is 19.1 Å². The highest BCUT2D eigenvalue weighted by molar-refractivity contribution is 7.90. The Balaban J connectivity index is 2.02. The number of nitrogens with one attached hydrogen (secondary N) is 2. The molecule has 0 bridgehead atoms. The molecule has 0 fully saturated rings. The highest BCUT2D eigenvalue weighted by Gasteiger charge is 2.09. The number of carbonyl (C=O) groups excluding carboxylic acids is 2. The summed E-state index contributed by atoms with van der Waals surface area (Å²) in [5.41, 5.74) is 1.87. The van der Waals surface area contributed by atoms with Crippen molar-refractivity contribution in [3.05, 3.63) is 54.1 Å². The number of benzene rings is 2. The fourth-order valence-corrected chi connectivity index (χ4v) is 2.77. The Bertz CT molecular complexity index is 858. The maximum atomic E-state index is 12.1. The van der Waals surface area contributed by atoms with E-state index in [-0.39, 0.29) is 23.1 Å². The smallest absolute Gasteiger partial charge is 0.228 e. The summed E-state index contributed by atoms with van der Waals surface area (Å²) in [6.07, 6.45) is 1.26. The Morgan fingerprint density at radius 2 is 1.62 bits per heavy atom. The van der Waals surface area contributed by atoms with Crippen LogP contribution in [0.3, 0.4) is 0 Å². The minimum Gasteiger partial charge on any atom is -0.326 e. The van der Waals surface area contributed by atoms with Crippen LogP contribution in [0.4, 0.5) is 11.4 Å². The maximum absolute atomic E-state index is 12.1. The number of hydrogen-bond acceptors (Lipinski definition) is 4. The molecule has 7 heteroatoms. The molecule has 0 heterocycles. The fraction of sp³-hybridized carbons (Fsp3) is 0.176. The van der Waals surface area contributed by atoms with Crippen molar-refractivity contribution in [2.24, 2.45) is 0 Å². The average molecular weight is 346 g/mol. The van der Waals surface area contributed by atoms with E-state index in [1.807, 2.05) is 0 Å². The molecule has 0 aliphatic carbocycles. The van der Waals surface area contributed by atoms with E-state index in [2.05, 4.69) is 10.6 Å². The molecule has 0 aliphatic rings. The molecule has 2 rings (SSSR count). The summed E-state index contributed by atoms with van der Waals surface area (Å²) in [6, 6.07) is 13.0. The van der Waals surface area contributed by atoms with E-state index < -0.39 is 9.84 Å². The van der Waals surface area contributed by atoms with Crippen LogP contribution in [-0.2, 0) is 25.8 Å². The second-order valence-electron chi connectivity index (χ2n) is 5.40. The highest BCUT2D eigenvalue weighted by Crippen LogP contribution is 2.16. The molecule has 0 atom stereocenters. The second-order valence-corrected chi connectivity index (χ2v) is 7.42. The minimum atomic E-state index is -3.32. The van der Waals surface area contributed by atoms with Crippen molar-refractivity contribution in [3.63, 3.8) is 0 Å². The molecular weight excluding hydrogens is 328 g/mol. The third-order valence-corrected chi connectivity index (χ3v) is 4.30. The largest absolute Gasteiger partial charge is 0.326 e. The number of amides is 2. The summed E-state index contributed by atoms with van der Waals surface area (Å²) in [5.74, 6) is -0.417. The molecule has 2 N–H and O–H groups in total. The van der Waals surface area contributed by atoms with Gasteiger partial charge in [-0.05, 0) is 35.9 Å². The Kier molecular flexibility index (Phi) is 5.35. The number of sulfone groups is 1. The summed E-state index contributed by atoms with van der Waals surface area (Å²) >= 11 is 0. The van der Waals surface area contributed by atoms with Crippen LogP contribution in [0.15, 0.2) is 53.4 Å². The Morgan fingerprint density at radius 3 is 2.21 bits per heavy atom. The van der Waals surface area contributed by atoms with E-state index >= 15 is 0 Å². The second kappa shape index (κ2) is 7.27. The lowest BCUT2D eigenvalue weighted by molar-refractivity contribution is -0.116. The van der Waals surface area contributed by atoms with Crippen molar-refractivity contribution < 1.29 is 18.0 Å². The van der Waals surface area contributed by atoms with E-state index in [4.69, 9.17) is 0 Å². The zero-order valence-corrected chi connectivity index (χ0v) is 14.2. The average Bonchev–Trinajstić information content (AvgIpc) is 2.48. The standard InChI is InChI=1S/C17H18N2O4S/c1-12(20)18-14-8-6-13(7-9-14)10-17(21)19-15-4-3-5-16(11-15)24(2,22)23/h3-9,11H,10H2,1-2H3,(H,18,20)(H,19,21). The molecule has 24 heavy (non-hydrogen) atoms. The molecule has 6 nitrogen and oxygen atoms in total. The quantitative estimate of drug-likeness (QED) is 0.868. The topological polar surface area (TPSA) is 92.3 Å². The molecular formula is C17H18N2O4S. The lowest BCUT2D eigenvalue weighted by atomic mass is 10.1. The van der Waals surface area contributed by atoms with Crippen molar-refractivity contribution in [2.45, 2.75) is 18.2 Å². The monoisotopic (exact) mass is 346 g/mol. The van der Waals surface area contributed by atoms with Crippen molar-refractivity contribution in [3.8, 4) is 0 Å². The van der Waals surface area contributed by atoms with Gasteiger partial charge in [0.15, 0.2) is 9.84 Å². The number of anilines is 2. The van der Waals surface area contributed by atoms with Crippen LogP contribution in [0, 0.1) is 0 Å². The van der Waals surface area contributed by atoms with Crippen LogP contribution in [0.1, 0.15) is 12.5 Å². The van der Waals surface area contributed by atoms with E-state index in [1.54, 1.807) is 36.4 Å². The number of carbonyl (C=O) groups is 2. The van der Waals surface area contributed by atoms with Crippen LogP contribution >= 0.6 is 0 Å². The number of rotatable bonds is 5. The summed E-state index contributed by atoms with van der Waals surface area (Å²) < 4.78 is 23.1. The Morgan fingerprint density at radius 1 is 0.958 bits per heavy atom. The first-order valence-electron chi connectivity index (χ1n) is 7.20. The van der Waals surface area contributed by atoms with Gasteiger partial charge in [-0.25, -0.2) is 8.42 Å². The molecule has 0 aliphatic heterocycles. The van der Waals surface area contributed by atoms with Crippen LogP contribution in [-0.4, -0.2) is 26.5 Å². The van der Waals surface area contributed by atoms with Crippen molar-refractivity contribution in [1.82, 2.24) is 0 Å². The molecule has 0 spiro atoms. The normalized spacial score (nSPS) is 10.9. The molecule has 0 saturated carbocycles. The highest BCUT2D eigenvalue weighted by atomic mass is 32.2. The lowest BCUT2D eigenvalue weighted by Gasteiger charge is -2.08. The van der Waals surface area contributed by atoms with Crippen LogP contribution in [0.5, 0.6) is 0 Å². The first-order chi connectivity index (χ1) is 11.2. The molecule has 0 saturated heterocycles. The van der Waals surface area contributed by atoms with Crippen LogP contribution in [0.25, 0.3) is 0 Å². The SMILES string of the molecule is CC(=O)Nc1ccc(CC(=O)Nc2cccc(S(C)(=O)=O)c2)cc1. The van der Waals surface area contributed by atoms with E-state index in [9.17, 15) is 18.0 Å². The summed E-state index contributed by atoms with van der Waals surface area (Å²) in [4.78, 5) is 23.2. The minimum absolute atomic E-state index is 0.142. The summed E-state index contributed by atoms with van der Waals surface area (Å²) in [5, 5.41) is 5.33. The molecule has 2 aromatic rings. The zero-order valence-electron chi connectivity index (χ0n) is 13.4. The van der Waals surface area contributed by atoms with Gasteiger partial charge in [-0.1, -0.05) is 18.2 Å². The van der Waals surface area contributed by atoms with Crippen molar-refractivity contribution >= 4 is 33.0 Å². The first kappa shape index (κ1) is 17.7. The predicted octanol–water partition coefficient (Wildman–Crippen LogP) is 2.23. The third kappa shape index (κ3) is 5.20. The van der Waals surface area contributed by atoms with Gasteiger partial charge in [0, 0.05) is 24.6 Å².